The Hall–Kier alpha value is -4.11. The number of nitrogens with zero attached hydrogens (tertiary/aromatic N) is 1. The van der Waals surface area contributed by atoms with Gasteiger partial charge in [0.25, 0.3) is 0 Å². The zero-order chi connectivity index (χ0) is 24.6. The van der Waals surface area contributed by atoms with Gasteiger partial charge in [-0.1, -0.05) is 31.2 Å². The molecule has 4 aromatic rings. The Kier molecular flexibility index (Phi) is 5.78. The largest absolute Gasteiger partial charge is 0.454 e. The summed E-state index contributed by atoms with van der Waals surface area (Å²) in [6, 6.07) is 18.1. The van der Waals surface area contributed by atoms with Gasteiger partial charge in [0, 0.05) is 23.3 Å². The second-order valence-corrected chi connectivity index (χ2v) is 10.0. The van der Waals surface area contributed by atoms with Gasteiger partial charge in [-0.05, 0) is 48.4 Å². The molecule has 1 aromatic heterocycles. The van der Waals surface area contributed by atoms with Crippen LogP contribution in [0, 0.1) is 0 Å². The number of anilines is 1. The molecule has 1 amide bonds. The number of hydrogen-bond donors (Lipinski definition) is 1. The number of pyridine rings is 1. The van der Waals surface area contributed by atoms with Crippen LogP contribution < -0.4 is 20.2 Å². The molecule has 0 saturated heterocycles. The van der Waals surface area contributed by atoms with Gasteiger partial charge in [0.2, 0.25) is 28.0 Å². The molecule has 5 rings (SSSR count). The first-order valence-corrected chi connectivity index (χ1v) is 12.5. The van der Waals surface area contributed by atoms with Gasteiger partial charge in [-0.15, -0.1) is 0 Å². The van der Waals surface area contributed by atoms with Crippen molar-refractivity contribution in [3.63, 3.8) is 0 Å². The van der Waals surface area contributed by atoms with E-state index in [1.807, 2.05) is 13.0 Å². The highest BCUT2D eigenvalue weighted by atomic mass is 32.2. The highest BCUT2D eigenvalue weighted by Crippen LogP contribution is 2.34. The molecule has 0 unspecified atom stereocenters. The predicted molar refractivity (Wildman–Crippen MR) is 131 cm³/mol. The molecule has 0 bridgehead atoms. The van der Waals surface area contributed by atoms with E-state index in [2.05, 4.69) is 5.32 Å². The van der Waals surface area contributed by atoms with E-state index in [-0.39, 0.29) is 28.5 Å². The van der Waals surface area contributed by atoms with Crippen LogP contribution in [0.1, 0.15) is 12.5 Å². The number of ether oxygens (including phenoxy) is 2. The lowest BCUT2D eigenvalue weighted by atomic mass is 10.1. The van der Waals surface area contributed by atoms with Crippen LogP contribution in [0.25, 0.3) is 10.9 Å². The summed E-state index contributed by atoms with van der Waals surface area (Å²) >= 11 is 0. The monoisotopic (exact) mass is 490 g/mol. The molecule has 8 nitrogen and oxygen atoms in total. The van der Waals surface area contributed by atoms with Crippen molar-refractivity contribution in [3.05, 3.63) is 88.7 Å². The molecule has 35 heavy (non-hydrogen) atoms. The molecule has 0 radical (unpaired) electrons. The van der Waals surface area contributed by atoms with Crippen molar-refractivity contribution in [2.45, 2.75) is 29.7 Å². The lowest BCUT2D eigenvalue weighted by molar-refractivity contribution is -0.116. The van der Waals surface area contributed by atoms with Crippen LogP contribution in [0.2, 0.25) is 0 Å². The van der Waals surface area contributed by atoms with Crippen molar-refractivity contribution < 1.29 is 22.7 Å². The van der Waals surface area contributed by atoms with Crippen LogP contribution in [-0.4, -0.2) is 25.7 Å². The third-order valence-corrected chi connectivity index (χ3v) is 7.60. The lowest BCUT2D eigenvalue weighted by Gasteiger charge is -2.15. The van der Waals surface area contributed by atoms with Gasteiger partial charge in [0.05, 0.1) is 10.4 Å². The zero-order valence-electron chi connectivity index (χ0n) is 18.9. The number of amides is 1. The smallest absolute Gasteiger partial charge is 0.244 e. The second-order valence-electron chi connectivity index (χ2n) is 8.09. The van der Waals surface area contributed by atoms with Gasteiger partial charge in [-0.3, -0.25) is 9.59 Å². The lowest BCUT2D eigenvalue weighted by Crippen LogP contribution is -2.24. The standard InChI is InChI=1S/C26H22N2O6S/c1-2-17-8-10-21-20(12-17)26(30)24(35(31,32)19-6-4-3-5-7-19)14-28(21)15-25(29)27-18-9-11-22-23(13-18)34-16-33-22/h3-14H,2,15-16H2,1H3,(H,27,29). The molecule has 0 spiro atoms. The van der Waals surface area contributed by atoms with Crippen LogP contribution in [0.15, 0.2) is 87.5 Å². The molecule has 1 aliphatic rings. The molecular weight excluding hydrogens is 468 g/mol. The van der Waals surface area contributed by atoms with E-state index in [1.54, 1.807) is 48.5 Å². The fourth-order valence-electron chi connectivity index (χ4n) is 4.02. The molecule has 2 heterocycles. The number of nitrogens with one attached hydrogen (secondary N) is 1. The van der Waals surface area contributed by atoms with E-state index in [0.29, 0.717) is 29.1 Å². The van der Waals surface area contributed by atoms with E-state index in [1.165, 1.54) is 22.9 Å². The van der Waals surface area contributed by atoms with Crippen molar-refractivity contribution in [2.24, 2.45) is 0 Å². The van der Waals surface area contributed by atoms with E-state index in [4.69, 9.17) is 9.47 Å². The topological polar surface area (TPSA) is 104 Å². The Morgan fingerprint density at radius 2 is 1.77 bits per heavy atom. The molecule has 1 N–H and O–H groups in total. The first-order chi connectivity index (χ1) is 16.9. The molecule has 0 atom stereocenters. The van der Waals surface area contributed by atoms with Gasteiger partial charge in [0.1, 0.15) is 11.4 Å². The maximum atomic E-state index is 13.4. The van der Waals surface area contributed by atoms with Crippen LogP contribution in [-0.2, 0) is 27.6 Å². The average molecular weight is 491 g/mol. The highest BCUT2D eigenvalue weighted by Gasteiger charge is 2.24. The Morgan fingerprint density at radius 1 is 1.00 bits per heavy atom. The van der Waals surface area contributed by atoms with E-state index < -0.39 is 21.2 Å². The normalized spacial score (nSPS) is 12.6. The zero-order valence-corrected chi connectivity index (χ0v) is 19.7. The molecule has 0 saturated carbocycles. The molecule has 0 aliphatic carbocycles. The van der Waals surface area contributed by atoms with Gasteiger partial charge in [-0.25, -0.2) is 8.42 Å². The third-order valence-electron chi connectivity index (χ3n) is 5.83. The van der Waals surface area contributed by atoms with Gasteiger partial charge >= 0.3 is 0 Å². The number of benzene rings is 3. The number of aromatic nitrogens is 1. The minimum absolute atomic E-state index is 0.0134. The quantitative estimate of drug-likeness (QED) is 0.441. The SMILES string of the molecule is CCc1ccc2c(c1)c(=O)c(S(=O)(=O)c1ccccc1)cn2CC(=O)Nc1ccc2c(c1)OCO2. The molecule has 1 aliphatic heterocycles. The maximum Gasteiger partial charge on any atom is 0.244 e. The van der Waals surface area contributed by atoms with Crippen LogP contribution in [0.4, 0.5) is 5.69 Å². The number of hydrogen-bond acceptors (Lipinski definition) is 6. The molecule has 3 aromatic carbocycles. The minimum atomic E-state index is -4.10. The van der Waals surface area contributed by atoms with E-state index >= 15 is 0 Å². The summed E-state index contributed by atoms with van der Waals surface area (Å²) in [4.78, 5) is 25.9. The maximum absolute atomic E-state index is 13.4. The first-order valence-electron chi connectivity index (χ1n) is 11.0. The minimum Gasteiger partial charge on any atom is -0.454 e. The molecule has 9 heteroatoms. The van der Waals surface area contributed by atoms with Gasteiger partial charge in [0.15, 0.2) is 11.5 Å². The van der Waals surface area contributed by atoms with Crippen molar-refractivity contribution in [1.29, 1.82) is 0 Å². The molecule has 0 fully saturated rings. The highest BCUT2D eigenvalue weighted by molar-refractivity contribution is 7.91. The summed E-state index contributed by atoms with van der Waals surface area (Å²) in [5.74, 6) is 0.730. The van der Waals surface area contributed by atoms with Gasteiger partial charge < -0.3 is 19.4 Å². The summed E-state index contributed by atoms with van der Waals surface area (Å²) in [6.07, 6.45) is 1.92. The summed E-state index contributed by atoms with van der Waals surface area (Å²) in [5.41, 5.74) is 1.28. The first kappa shape index (κ1) is 22.7. The number of sulfone groups is 1. The summed E-state index contributed by atoms with van der Waals surface area (Å²) < 4.78 is 38.8. The molecular formula is C26H22N2O6S. The average Bonchev–Trinajstić information content (AvgIpc) is 3.34. The Balaban J connectivity index is 1.57. The number of carbonyl (C=O) groups excluding carboxylic acids is 1. The van der Waals surface area contributed by atoms with Crippen molar-refractivity contribution in [3.8, 4) is 11.5 Å². The third kappa shape index (κ3) is 4.26. The Morgan fingerprint density at radius 3 is 2.54 bits per heavy atom. The fraction of sp³-hybridized carbons (Fsp3) is 0.154. The summed E-state index contributed by atoms with van der Waals surface area (Å²) in [6.45, 7) is 1.87. The molecule has 178 valence electrons. The Labute approximate surface area is 201 Å². The van der Waals surface area contributed by atoms with Crippen molar-refractivity contribution in [1.82, 2.24) is 4.57 Å². The van der Waals surface area contributed by atoms with Crippen LogP contribution in [0.5, 0.6) is 11.5 Å². The number of rotatable bonds is 6. The van der Waals surface area contributed by atoms with Crippen molar-refractivity contribution in [2.75, 3.05) is 12.1 Å². The van der Waals surface area contributed by atoms with E-state index in [9.17, 15) is 18.0 Å². The summed E-state index contributed by atoms with van der Waals surface area (Å²) in [5, 5.41) is 3.04. The van der Waals surface area contributed by atoms with Crippen molar-refractivity contribution >= 4 is 32.3 Å². The number of aryl methyl sites for hydroxylation is 1. The fourth-order valence-corrected chi connectivity index (χ4v) is 5.41. The van der Waals surface area contributed by atoms with Gasteiger partial charge in [-0.2, -0.15) is 0 Å². The Bertz CT molecular complexity index is 1610. The number of carbonyl (C=O) groups is 1. The second kappa shape index (κ2) is 8.92. The van der Waals surface area contributed by atoms with Crippen LogP contribution in [0.3, 0.4) is 0 Å². The number of fused-ring (bicyclic) bond motifs is 2. The van der Waals surface area contributed by atoms with E-state index in [0.717, 1.165) is 5.56 Å². The van der Waals surface area contributed by atoms with Crippen LogP contribution >= 0.6 is 0 Å². The summed E-state index contributed by atoms with van der Waals surface area (Å²) in [7, 11) is -4.10. The predicted octanol–water partition coefficient (Wildman–Crippen LogP) is 3.76.